The van der Waals surface area contributed by atoms with Crippen molar-refractivity contribution in [1.82, 2.24) is 5.32 Å². The van der Waals surface area contributed by atoms with Gasteiger partial charge in [-0.05, 0) is 30.7 Å². The average Bonchev–Trinajstić information content (AvgIpc) is 2.81. The molecule has 1 heterocycles. The Kier molecular flexibility index (Phi) is 6.61. The molecule has 3 aromatic rings. The number of hydrogen-bond donors (Lipinski definition) is 1. The molecule has 2 amide bonds. The Labute approximate surface area is 191 Å². The second kappa shape index (κ2) is 9.57. The summed E-state index contributed by atoms with van der Waals surface area (Å²) in [7, 11) is 0. The number of nitrogens with zero attached hydrogens (tertiary/aromatic N) is 1. The second-order valence-corrected chi connectivity index (χ2v) is 9.20. The van der Waals surface area contributed by atoms with Crippen LogP contribution in [0.4, 0.5) is 10.1 Å². The fourth-order valence-electron chi connectivity index (χ4n) is 3.71. The highest BCUT2D eigenvalue weighted by atomic mass is 32.2. The van der Waals surface area contributed by atoms with E-state index in [0.29, 0.717) is 12.1 Å². The molecule has 4 rings (SSSR count). The minimum atomic E-state index is -0.588. The fourth-order valence-corrected chi connectivity index (χ4v) is 4.99. The number of para-hydroxylation sites is 1. The summed E-state index contributed by atoms with van der Waals surface area (Å²) in [6.45, 7) is 4.32. The molecule has 4 nitrogen and oxygen atoms in total. The molecule has 32 heavy (non-hydrogen) atoms. The standard InChI is InChI=1S/C26H25FN2O2S/c1-17-11-13-19(14-12-17)15-28-25(30)18(2)24-26(31)29(16-20-7-3-4-8-21(20)27)22-9-5-6-10-23(22)32-24/h3-14,18,24H,15-16H2,1-2H3,(H,28,30)/t18-,24+/m0/s1. The largest absolute Gasteiger partial charge is 0.352 e. The van der Waals surface area contributed by atoms with Crippen LogP contribution in [-0.4, -0.2) is 17.1 Å². The molecule has 1 aliphatic heterocycles. The number of carbonyl (C=O) groups excluding carboxylic acids is 2. The van der Waals surface area contributed by atoms with E-state index in [1.165, 1.54) is 17.8 Å². The summed E-state index contributed by atoms with van der Waals surface area (Å²) in [5.74, 6) is -1.26. The summed E-state index contributed by atoms with van der Waals surface area (Å²) in [5, 5.41) is 2.36. The maximum Gasteiger partial charge on any atom is 0.241 e. The summed E-state index contributed by atoms with van der Waals surface area (Å²) in [4.78, 5) is 28.9. The van der Waals surface area contributed by atoms with Crippen LogP contribution >= 0.6 is 11.8 Å². The minimum Gasteiger partial charge on any atom is -0.352 e. The Hall–Kier alpha value is -3.12. The summed E-state index contributed by atoms with van der Waals surface area (Å²) in [5.41, 5.74) is 3.35. The molecule has 0 aliphatic carbocycles. The number of aryl methyl sites for hydroxylation is 1. The van der Waals surface area contributed by atoms with Gasteiger partial charge in [0.15, 0.2) is 0 Å². The van der Waals surface area contributed by atoms with Crippen LogP contribution in [0.2, 0.25) is 0 Å². The molecular formula is C26H25FN2O2S. The van der Waals surface area contributed by atoms with Gasteiger partial charge in [0.25, 0.3) is 0 Å². The van der Waals surface area contributed by atoms with Crippen molar-refractivity contribution in [1.29, 1.82) is 0 Å². The minimum absolute atomic E-state index is 0.122. The van der Waals surface area contributed by atoms with Crippen molar-refractivity contribution < 1.29 is 14.0 Å². The van der Waals surface area contributed by atoms with Gasteiger partial charge in [-0.3, -0.25) is 9.59 Å². The Balaban J connectivity index is 1.53. The van der Waals surface area contributed by atoms with E-state index >= 15 is 0 Å². The zero-order valence-electron chi connectivity index (χ0n) is 18.0. The van der Waals surface area contributed by atoms with Crippen molar-refractivity contribution in [2.24, 2.45) is 5.92 Å². The molecule has 0 aromatic heterocycles. The lowest BCUT2D eigenvalue weighted by Crippen LogP contribution is -2.47. The molecule has 3 aromatic carbocycles. The molecule has 0 saturated heterocycles. The molecule has 0 bridgehead atoms. The predicted octanol–water partition coefficient (Wildman–Crippen LogP) is 5.09. The summed E-state index contributed by atoms with van der Waals surface area (Å²) >= 11 is 1.40. The number of thioether (sulfide) groups is 1. The Morgan fingerprint density at radius 2 is 1.75 bits per heavy atom. The van der Waals surface area contributed by atoms with Crippen LogP contribution in [0.1, 0.15) is 23.6 Å². The lowest BCUT2D eigenvalue weighted by atomic mass is 10.0. The average molecular weight is 449 g/mol. The monoisotopic (exact) mass is 448 g/mol. The number of anilines is 1. The second-order valence-electron chi connectivity index (χ2n) is 8.01. The number of halogens is 1. The van der Waals surface area contributed by atoms with E-state index in [1.807, 2.05) is 55.5 Å². The van der Waals surface area contributed by atoms with Crippen LogP contribution in [0, 0.1) is 18.7 Å². The molecule has 2 atom stereocenters. The smallest absolute Gasteiger partial charge is 0.241 e. The number of carbonyl (C=O) groups is 2. The Morgan fingerprint density at radius 1 is 1.06 bits per heavy atom. The first kappa shape index (κ1) is 22.1. The van der Waals surface area contributed by atoms with Crippen LogP contribution < -0.4 is 10.2 Å². The van der Waals surface area contributed by atoms with E-state index in [-0.39, 0.29) is 24.2 Å². The predicted molar refractivity (Wildman–Crippen MR) is 126 cm³/mol. The molecule has 6 heteroatoms. The first-order valence-electron chi connectivity index (χ1n) is 10.6. The van der Waals surface area contributed by atoms with Gasteiger partial charge >= 0.3 is 0 Å². The molecule has 164 valence electrons. The van der Waals surface area contributed by atoms with Gasteiger partial charge in [0, 0.05) is 17.0 Å². The highest BCUT2D eigenvalue weighted by Gasteiger charge is 2.39. The van der Waals surface area contributed by atoms with E-state index in [1.54, 1.807) is 30.0 Å². The molecule has 0 fully saturated rings. The first-order valence-corrected chi connectivity index (χ1v) is 11.5. The third-order valence-electron chi connectivity index (χ3n) is 5.66. The number of benzene rings is 3. The van der Waals surface area contributed by atoms with Gasteiger partial charge in [-0.15, -0.1) is 11.8 Å². The SMILES string of the molecule is Cc1ccc(CNC(=O)[C@@H](C)[C@H]2Sc3ccccc3N(Cc3ccccc3F)C2=O)cc1. The molecule has 0 saturated carbocycles. The van der Waals surface area contributed by atoms with Gasteiger partial charge in [-0.2, -0.15) is 0 Å². The number of amides is 2. The maximum absolute atomic E-state index is 14.3. The van der Waals surface area contributed by atoms with Crippen LogP contribution in [0.15, 0.2) is 77.7 Å². The lowest BCUT2D eigenvalue weighted by molar-refractivity contribution is -0.128. The zero-order valence-corrected chi connectivity index (χ0v) is 18.9. The third kappa shape index (κ3) is 4.70. The van der Waals surface area contributed by atoms with Crippen LogP contribution in [-0.2, 0) is 22.7 Å². The fraction of sp³-hybridized carbons (Fsp3) is 0.231. The third-order valence-corrected chi connectivity index (χ3v) is 7.12. The van der Waals surface area contributed by atoms with Crippen molar-refractivity contribution in [3.8, 4) is 0 Å². The van der Waals surface area contributed by atoms with Crippen LogP contribution in [0.3, 0.4) is 0 Å². The molecule has 1 aliphatic rings. The molecule has 0 radical (unpaired) electrons. The van der Waals surface area contributed by atoms with E-state index in [0.717, 1.165) is 21.7 Å². The van der Waals surface area contributed by atoms with Gasteiger partial charge in [-0.1, -0.05) is 67.1 Å². The zero-order chi connectivity index (χ0) is 22.7. The highest BCUT2D eigenvalue weighted by molar-refractivity contribution is 8.01. The first-order chi connectivity index (χ1) is 15.4. The summed E-state index contributed by atoms with van der Waals surface area (Å²) in [6, 6.07) is 22.0. The van der Waals surface area contributed by atoms with Crippen LogP contribution in [0.25, 0.3) is 0 Å². The number of fused-ring (bicyclic) bond motifs is 1. The quantitative estimate of drug-likeness (QED) is 0.571. The Morgan fingerprint density at radius 3 is 2.50 bits per heavy atom. The van der Waals surface area contributed by atoms with E-state index < -0.39 is 11.2 Å². The molecule has 0 spiro atoms. The van der Waals surface area contributed by atoms with Crippen molar-refractivity contribution >= 4 is 29.3 Å². The van der Waals surface area contributed by atoms with Crippen molar-refractivity contribution in [3.63, 3.8) is 0 Å². The summed E-state index contributed by atoms with van der Waals surface area (Å²) in [6.07, 6.45) is 0. The van der Waals surface area contributed by atoms with E-state index in [9.17, 15) is 14.0 Å². The lowest BCUT2D eigenvalue weighted by Gasteiger charge is -2.35. The highest BCUT2D eigenvalue weighted by Crippen LogP contribution is 2.42. The molecule has 0 unspecified atom stereocenters. The van der Waals surface area contributed by atoms with Gasteiger partial charge in [0.2, 0.25) is 11.8 Å². The number of hydrogen-bond acceptors (Lipinski definition) is 3. The Bertz CT molecular complexity index is 1130. The van der Waals surface area contributed by atoms with E-state index in [4.69, 9.17) is 0 Å². The van der Waals surface area contributed by atoms with E-state index in [2.05, 4.69) is 5.32 Å². The maximum atomic E-state index is 14.3. The molecular weight excluding hydrogens is 423 g/mol. The topological polar surface area (TPSA) is 49.4 Å². The van der Waals surface area contributed by atoms with Gasteiger partial charge in [-0.25, -0.2) is 4.39 Å². The van der Waals surface area contributed by atoms with Gasteiger partial charge in [0.05, 0.1) is 18.2 Å². The number of rotatable bonds is 6. The van der Waals surface area contributed by atoms with Crippen molar-refractivity contribution in [2.45, 2.75) is 37.1 Å². The van der Waals surface area contributed by atoms with Crippen molar-refractivity contribution in [2.75, 3.05) is 4.90 Å². The van der Waals surface area contributed by atoms with Crippen LogP contribution in [0.5, 0.6) is 0 Å². The summed E-state index contributed by atoms with van der Waals surface area (Å²) < 4.78 is 14.3. The van der Waals surface area contributed by atoms with Gasteiger partial charge in [0.1, 0.15) is 11.1 Å². The number of nitrogens with one attached hydrogen (secondary N) is 1. The van der Waals surface area contributed by atoms with Gasteiger partial charge < -0.3 is 10.2 Å². The molecule has 1 N–H and O–H groups in total. The van der Waals surface area contributed by atoms with Crippen molar-refractivity contribution in [3.05, 3.63) is 95.3 Å². The normalized spacial score (nSPS) is 16.4.